The van der Waals surface area contributed by atoms with Gasteiger partial charge >= 0.3 is 5.97 Å². The Labute approximate surface area is 119 Å². The van der Waals surface area contributed by atoms with E-state index in [4.69, 9.17) is 10.5 Å². The molecule has 0 spiro atoms. The van der Waals surface area contributed by atoms with Crippen molar-refractivity contribution >= 4 is 38.5 Å². The van der Waals surface area contributed by atoms with Crippen molar-refractivity contribution in [2.24, 2.45) is 5.73 Å². The van der Waals surface area contributed by atoms with E-state index in [0.29, 0.717) is 0 Å². The maximum atomic E-state index is 11.5. The van der Waals surface area contributed by atoms with Crippen molar-refractivity contribution in [1.29, 1.82) is 0 Å². The third kappa shape index (κ3) is 3.02. The molecule has 0 aliphatic rings. The Morgan fingerprint density at radius 3 is 3.05 bits per heavy atom. The van der Waals surface area contributed by atoms with Gasteiger partial charge in [-0.25, -0.2) is 4.79 Å². The fourth-order valence-electron chi connectivity index (χ4n) is 1.79. The van der Waals surface area contributed by atoms with Crippen LogP contribution in [0, 0.1) is 0 Å². The third-order valence-corrected chi connectivity index (χ3v) is 3.16. The van der Waals surface area contributed by atoms with Gasteiger partial charge in [0.15, 0.2) is 0 Å². The summed E-state index contributed by atoms with van der Waals surface area (Å²) in [6, 6.07) is 7.08. The number of rotatable bonds is 4. The molecule has 0 fully saturated rings. The van der Waals surface area contributed by atoms with Gasteiger partial charge in [-0.3, -0.25) is 4.98 Å². The Balaban J connectivity index is 2.37. The molecule has 0 saturated carbocycles. The highest BCUT2D eigenvalue weighted by molar-refractivity contribution is 9.10. The molecule has 19 heavy (non-hydrogen) atoms. The van der Waals surface area contributed by atoms with Crippen LogP contribution in [0.25, 0.3) is 10.9 Å². The molecule has 3 N–H and O–H groups in total. The van der Waals surface area contributed by atoms with Crippen LogP contribution in [0.1, 0.15) is 0 Å². The van der Waals surface area contributed by atoms with Crippen LogP contribution >= 0.6 is 15.9 Å². The first-order valence-electron chi connectivity index (χ1n) is 5.74. The van der Waals surface area contributed by atoms with Gasteiger partial charge in [0.25, 0.3) is 0 Å². The quantitative estimate of drug-likeness (QED) is 0.840. The Kier molecular flexibility index (Phi) is 4.34. The Morgan fingerprint density at radius 2 is 2.37 bits per heavy atom. The summed E-state index contributed by atoms with van der Waals surface area (Å²) >= 11 is 3.38. The van der Waals surface area contributed by atoms with Crippen LogP contribution < -0.4 is 11.1 Å². The highest BCUT2D eigenvalue weighted by Crippen LogP contribution is 2.24. The number of pyridine rings is 1. The summed E-state index contributed by atoms with van der Waals surface area (Å²) < 4.78 is 5.60. The zero-order valence-corrected chi connectivity index (χ0v) is 12.0. The minimum absolute atomic E-state index is 0.152. The molecule has 1 heterocycles. The number of benzene rings is 1. The van der Waals surface area contributed by atoms with E-state index in [-0.39, 0.29) is 6.54 Å². The molecule has 2 aromatic rings. The molecule has 0 amide bonds. The van der Waals surface area contributed by atoms with E-state index >= 15 is 0 Å². The van der Waals surface area contributed by atoms with Gasteiger partial charge in [0.1, 0.15) is 6.04 Å². The van der Waals surface area contributed by atoms with Gasteiger partial charge < -0.3 is 15.8 Å². The SMILES string of the molecule is COC(=O)C(CN)Nc1cccc2cc(Br)cnc12. The molecular weight excluding hydrogens is 310 g/mol. The average Bonchev–Trinajstić information content (AvgIpc) is 2.43. The molecule has 1 aromatic heterocycles. The Bertz CT molecular complexity index is 603. The van der Waals surface area contributed by atoms with Crippen molar-refractivity contribution in [2.45, 2.75) is 6.04 Å². The minimum Gasteiger partial charge on any atom is -0.467 e. The molecule has 1 unspecified atom stereocenters. The van der Waals surface area contributed by atoms with E-state index in [9.17, 15) is 4.79 Å². The Morgan fingerprint density at radius 1 is 1.58 bits per heavy atom. The minimum atomic E-state index is -0.582. The number of para-hydroxylation sites is 1. The number of hydrogen-bond donors (Lipinski definition) is 2. The lowest BCUT2D eigenvalue weighted by molar-refractivity contribution is -0.141. The molecule has 1 atom stereocenters. The maximum Gasteiger partial charge on any atom is 0.329 e. The number of esters is 1. The monoisotopic (exact) mass is 323 g/mol. The highest BCUT2D eigenvalue weighted by atomic mass is 79.9. The molecule has 0 saturated heterocycles. The number of aromatic nitrogens is 1. The van der Waals surface area contributed by atoms with Crippen molar-refractivity contribution in [1.82, 2.24) is 4.98 Å². The summed E-state index contributed by atoms with van der Waals surface area (Å²) in [6.45, 7) is 0.152. The van der Waals surface area contributed by atoms with Crippen molar-refractivity contribution < 1.29 is 9.53 Å². The molecule has 6 heteroatoms. The number of anilines is 1. The van der Waals surface area contributed by atoms with Crippen LogP contribution in [0.15, 0.2) is 34.9 Å². The van der Waals surface area contributed by atoms with Crippen LogP contribution in [0.2, 0.25) is 0 Å². The lowest BCUT2D eigenvalue weighted by atomic mass is 10.1. The van der Waals surface area contributed by atoms with Crippen molar-refractivity contribution in [2.75, 3.05) is 19.0 Å². The zero-order valence-electron chi connectivity index (χ0n) is 10.4. The van der Waals surface area contributed by atoms with Crippen molar-refractivity contribution in [3.63, 3.8) is 0 Å². The van der Waals surface area contributed by atoms with Crippen LogP contribution in [0.4, 0.5) is 5.69 Å². The third-order valence-electron chi connectivity index (χ3n) is 2.73. The van der Waals surface area contributed by atoms with E-state index in [1.165, 1.54) is 7.11 Å². The molecular formula is C13H14BrN3O2. The second-order valence-electron chi connectivity index (χ2n) is 3.99. The summed E-state index contributed by atoms with van der Waals surface area (Å²) in [5.74, 6) is -0.392. The summed E-state index contributed by atoms with van der Waals surface area (Å²) in [4.78, 5) is 15.9. The molecule has 0 radical (unpaired) electrons. The highest BCUT2D eigenvalue weighted by Gasteiger charge is 2.18. The molecule has 5 nitrogen and oxygen atoms in total. The molecule has 1 aromatic carbocycles. The predicted octanol–water partition coefficient (Wildman–Crippen LogP) is 1.91. The number of carbonyl (C=O) groups excluding carboxylic acids is 1. The molecule has 0 aliphatic carbocycles. The molecule has 0 aliphatic heterocycles. The number of methoxy groups -OCH3 is 1. The lowest BCUT2D eigenvalue weighted by Gasteiger charge is -2.16. The summed E-state index contributed by atoms with van der Waals surface area (Å²) in [6.07, 6.45) is 1.71. The standard InChI is InChI=1S/C13H14BrN3O2/c1-19-13(18)11(6-15)17-10-4-2-3-8-5-9(14)7-16-12(8)10/h2-5,7,11,17H,6,15H2,1H3. The second-order valence-corrected chi connectivity index (χ2v) is 4.90. The maximum absolute atomic E-state index is 11.5. The lowest BCUT2D eigenvalue weighted by Crippen LogP contribution is -2.37. The van der Waals surface area contributed by atoms with Crippen LogP contribution in [-0.4, -0.2) is 30.6 Å². The number of hydrogen-bond acceptors (Lipinski definition) is 5. The zero-order chi connectivity index (χ0) is 13.8. The topological polar surface area (TPSA) is 77.2 Å². The number of carbonyl (C=O) groups is 1. The first kappa shape index (κ1) is 13.8. The van der Waals surface area contributed by atoms with Crippen LogP contribution in [0.3, 0.4) is 0 Å². The Hall–Kier alpha value is -1.66. The first-order chi connectivity index (χ1) is 9.15. The van der Waals surface area contributed by atoms with Gasteiger partial charge in [-0.15, -0.1) is 0 Å². The van der Waals surface area contributed by atoms with E-state index in [2.05, 4.69) is 26.2 Å². The van der Waals surface area contributed by atoms with Gasteiger partial charge in [-0.2, -0.15) is 0 Å². The molecule has 0 bridgehead atoms. The van der Waals surface area contributed by atoms with Crippen LogP contribution in [0.5, 0.6) is 0 Å². The van der Waals surface area contributed by atoms with Gasteiger partial charge in [0.2, 0.25) is 0 Å². The van der Waals surface area contributed by atoms with E-state index < -0.39 is 12.0 Å². The number of nitrogens with zero attached hydrogens (tertiary/aromatic N) is 1. The summed E-state index contributed by atoms with van der Waals surface area (Å²) in [5, 5.41) is 4.04. The predicted molar refractivity (Wildman–Crippen MR) is 77.9 cm³/mol. The molecule has 100 valence electrons. The van der Waals surface area contributed by atoms with E-state index in [1.54, 1.807) is 6.20 Å². The van der Waals surface area contributed by atoms with Gasteiger partial charge in [0, 0.05) is 22.6 Å². The van der Waals surface area contributed by atoms with Gasteiger partial charge in [0.05, 0.1) is 18.3 Å². The number of fused-ring (bicyclic) bond motifs is 1. The fourth-order valence-corrected chi connectivity index (χ4v) is 2.14. The largest absolute Gasteiger partial charge is 0.467 e. The first-order valence-corrected chi connectivity index (χ1v) is 6.53. The van der Waals surface area contributed by atoms with Gasteiger partial charge in [-0.05, 0) is 28.1 Å². The number of ether oxygens (including phenoxy) is 1. The van der Waals surface area contributed by atoms with Gasteiger partial charge in [-0.1, -0.05) is 12.1 Å². The molecule has 2 rings (SSSR count). The average molecular weight is 324 g/mol. The number of nitrogens with one attached hydrogen (secondary N) is 1. The summed E-state index contributed by atoms with van der Waals surface area (Å²) in [7, 11) is 1.34. The summed E-state index contributed by atoms with van der Waals surface area (Å²) in [5.41, 5.74) is 7.11. The fraction of sp³-hybridized carbons (Fsp3) is 0.231. The van der Waals surface area contributed by atoms with Crippen molar-refractivity contribution in [3.05, 3.63) is 34.9 Å². The smallest absolute Gasteiger partial charge is 0.329 e. The number of halogens is 1. The normalized spacial score (nSPS) is 12.2. The van der Waals surface area contributed by atoms with Crippen molar-refractivity contribution in [3.8, 4) is 0 Å². The van der Waals surface area contributed by atoms with E-state index in [0.717, 1.165) is 21.1 Å². The van der Waals surface area contributed by atoms with E-state index in [1.807, 2.05) is 24.3 Å². The number of nitrogens with two attached hydrogens (primary N) is 1. The van der Waals surface area contributed by atoms with Crippen LogP contribution in [-0.2, 0) is 9.53 Å². The second kappa shape index (κ2) is 5.99.